The fourth-order valence-electron chi connectivity index (χ4n) is 1.26. The first-order valence-corrected chi connectivity index (χ1v) is 5.05. The van der Waals surface area contributed by atoms with Crippen molar-refractivity contribution in [3.05, 3.63) is 41.1 Å². The van der Waals surface area contributed by atoms with E-state index in [2.05, 4.69) is 10.1 Å². The SMILES string of the molecule is COC(=O)c1cc(NC=C(C#N)C#N)ccc1C#N. The van der Waals surface area contributed by atoms with Gasteiger partial charge >= 0.3 is 5.97 Å². The van der Waals surface area contributed by atoms with Crippen molar-refractivity contribution in [3.8, 4) is 18.2 Å². The third-order valence-electron chi connectivity index (χ3n) is 2.17. The number of allylic oxidation sites excluding steroid dienone is 1. The van der Waals surface area contributed by atoms with E-state index in [1.165, 1.54) is 25.4 Å². The molecule has 0 saturated carbocycles. The highest BCUT2D eigenvalue weighted by molar-refractivity contribution is 5.93. The Morgan fingerprint density at radius 2 is 2.00 bits per heavy atom. The second-order valence-corrected chi connectivity index (χ2v) is 3.29. The molecule has 0 radical (unpaired) electrons. The molecule has 0 fully saturated rings. The van der Waals surface area contributed by atoms with Crippen LogP contribution in [0.4, 0.5) is 5.69 Å². The average molecular weight is 252 g/mol. The van der Waals surface area contributed by atoms with Crippen LogP contribution in [0.25, 0.3) is 0 Å². The number of ether oxygens (including phenoxy) is 1. The van der Waals surface area contributed by atoms with Gasteiger partial charge in [-0.15, -0.1) is 0 Å². The molecule has 1 aromatic rings. The molecule has 0 aliphatic rings. The minimum atomic E-state index is -0.634. The monoisotopic (exact) mass is 252 g/mol. The third kappa shape index (κ3) is 3.33. The molecule has 1 rings (SSSR count). The maximum atomic E-state index is 11.5. The quantitative estimate of drug-likeness (QED) is 0.647. The largest absolute Gasteiger partial charge is 0.465 e. The predicted molar refractivity (Wildman–Crippen MR) is 65.4 cm³/mol. The maximum absolute atomic E-state index is 11.5. The fraction of sp³-hybridized carbons (Fsp3) is 0.0769. The molecule has 19 heavy (non-hydrogen) atoms. The Hall–Kier alpha value is -3.30. The molecule has 6 heteroatoms. The van der Waals surface area contributed by atoms with Crippen LogP contribution in [0.15, 0.2) is 30.0 Å². The molecule has 1 N–H and O–H groups in total. The highest BCUT2D eigenvalue weighted by Gasteiger charge is 2.12. The summed E-state index contributed by atoms with van der Waals surface area (Å²) in [5.74, 6) is -0.634. The van der Waals surface area contributed by atoms with Gasteiger partial charge in [0.2, 0.25) is 0 Å². The second kappa shape index (κ2) is 6.44. The zero-order chi connectivity index (χ0) is 14.3. The first kappa shape index (κ1) is 13.8. The van der Waals surface area contributed by atoms with Gasteiger partial charge < -0.3 is 10.1 Å². The number of methoxy groups -OCH3 is 1. The number of anilines is 1. The molecule has 0 aliphatic heterocycles. The van der Waals surface area contributed by atoms with Crippen molar-refractivity contribution < 1.29 is 9.53 Å². The van der Waals surface area contributed by atoms with Crippen molar-refractivity contribution in [3.63, 3.8) is 0 Å². The lowest BCUT2D eigenvalue weighted by Crippen LogP contribution is -2.05. The number of nitrogens with one attached hydrogen (secondary N) is 1. The molecule has 0 spiro atoms. The molecule has 0 heterocycles. The van der Waals surface area contributed by atoms with E-state index in [4.69, 9.17) is 15.8 Å². The Morgan fingerprint density at radius 1 is 1.32 bits per heavy atom. The summed E-state index contributed by atoms with van der Waals surface area (Å²) in [4.78, 5) is 11.5. The van der Waals surface area contributed by atoms with Crippen LogP contribution < -0.4 is 5.32 Å². The van der Waals surface area contributed by atoms with Crippen LogP contribution in [0.2, 0.25) is 0 Å². The number of hydrogen-bond donors (Lipinski definition) is 1. The summed E-state index contributed by atoms with van der Waals surface area (Å²) in [5, 5.41) is 28.7. The van der Waals surface area contributed by atoms with Gasteiger partial charge in [0.25, 0.3) is 0 Å². The van der Waals surface area contributed by atoms with Gasteiger partial charge in [-0.25, -0.2) is 4.79 Å². The molecule has 6 nitrogen and oxygen atoms in total. The molecule has 92 valence electrons. The van der Waals surface area contributed by atoms with Crippen molar-refractivity contribution in [2.45, 2.75) is 0 Å². The highest BCUT2D eigenvalue weighted by Crippen LogP contribution is 2.16. The van der Waals surface area contributed by atoms with Crippen LogP contribution in [-0.2, 0) is 4.74 Å². The lowest BCUT2D eigenvalue weighted by atomic mass is 10.1. The number of carbonyl (C=O) groups excluding carboxylic acids is 1. The summed E-state index contributed by atoms with van der Waals surface area (Å²) in [6, 6.07) is 9.65. The first-order valence-electron chi connectivity index (χ1n) is 5.05. The van der Waals surface area contributed by atoms with Crippen LogP contribution in [-0.4, -0.2) is 13.1 Å². The summed E-state index contributed by atoms with van der Waals surface area (Å²) in [5.41, 5.74) is 0.646. The van der Waals surface area contributed by atoms with E-state index >= 15 is 0 Å². The summed E-state index contributed by atoms with van der Waals surface area (Å²) in [7, 11) is 1.22. The van der Waals surface area contributed by atoms with E-state index in [9.17, 15) is 4.79 Å². The molecule has 0 unspecified atom stereocenters. The van der Waals surface area contributed by atoms with E-state index in [0.29, 0.717) is 5.69 Å². The van der Waals surface area contributed by atoms with E-state index < -0.39 is 5.97 Å². The zero-order valence-electron chi connectivity index (χ0n) is 9.97. The first-order chi connectivity index (χ1) is 9.15. The molecule has 0 aliphatic carbocycles. The average Bonchev–Trinajstić information content (AvgIpc) is 2.47. The zero-order valence-corrected chi connectivity index (χ0v) is 9.97. The van der Waals surface area contributed by atoms with Gasteiger partial charge in [-0.05, 0) is 18.2 Å². The second-order valence-electron chi connectivity index (χ2n) is 3.29. The van der Waals surface area contributed by atoms with Crippen molar-refractivity contribution >= 4 is 11.7 Å². The summed E-state index contributed by atoms with van der Waals surface area (Å²) in [6.45, 7) is 0. The Morgan fingerprint density at radius 3 is 2.53 bits per heavy atom. The molecule has 0 amide bonds. The van der Waals surface area contributed by atoms with Crippen LogP contribution in [0.5, 0.6) is 0 Å². The van der Waals surface area contributed by atoms with Gasteiger partial charge in [0.15, 0.2) is 0 Å². The number of nitriles is 3. The normalized spacial score (nSPS) is 8.32. The molecule has 0 saturated heterocycles. The minimum absolute atomic E-state index is 0.107. The van der Waals surface area contributed by atoms with Crippen molar-refractivity contribution in [1.82, 2.24) is 0 Å². The van der Waals surface area contributed by atoms with Crippen LogP contribution in [0, 0.1) is 34.0 Å². The number of benzene rings is 1. The minimum Gasteiger partial charge on any atom is -0.465 e. The lowest BCUT2D eigenvalue weighted by Gasteiger charge is -2.05. The Balaban J connectivity index is 3.11. The predicted octanol–water partition coefficient (Wildman–Crippen LogP) is 1.69. The fourth-order valence-corrected chi connectivity index (χ4v) is 1.26. The Bertz CT molecular complexity index is 641. The van der Waals surface area contributed by atoms with Crippen LogP contribution in [0.1, 0.15) is 15.9 Å². The van der Waals surface area contributed by atoms with E-state index in [0.717, 1.165) is 0 Å². The number of carbonyl (C=O) groups is 1. The summed E-state index contributed by atoms with van der Waals surface area (Å²) < 4.78 is 4.56. The molecular formula is C13H8N4O2. The van der Waals surface area contributed by atoms with E-state index in [1.54, 1.807) is 18.2 Å². The van der Waals surface area contributed by atoms with Gasteiger partial charge in [0, 0.05) is 11.9 Å². The standard InChI is InChI=1S/C13H8N4O2/c1-19-13(18)12-4-11(3-2-10(12)7-16)17-8-9(5-14)6-15/h2-4,8,17H,1H3. The lowest BCUT2D eigenvalue weighted by molar-refractivity contribution is 0.0600. The number of esters is 1. The third-order valence-corrected chi connectivity index (χ3v) is 2.17. The topological polar surface area (TPSA) is 110 Å². The van der Waals surface area contributed by atoms with Gasteiger partial charge in [0.05, 0.1) is 18.2 Å². The maximum Gasteiger partial charge on any atom is 0.339 e. The van der Waals surface area contributed by atoms with E-state index in [1.807, 2.05) is 6.07 Å². The Labute approximate surface area is 109 Å². The van der Waals surface area contributed by atoms with Crippen molar-refractivity contribution in [2.75, 3.05) is 12.4 Å². The molecule has 0 aromatic heterocycles. The smallest absolute Gasteiger partial charge is 0.339 e. The molecule has 0 atom stereocenters. The van der Waals surface area contributed by atoms with E-state index in [-0.39, 0.29) is 16.7 Å². The van der Waals surface area contributed by atoms with Crippen LogP contribution in [0.3, 0.4) is 0 Å². The molecular weight excluding hydrogens is 244 g/mol. The van der Waals surface area contributed by atoms with Crippen molar-refractivity contribution in [2.24, 2.45) is 0 Å². The van der Waals surface area contributed by atoms with Gasteiger partial charge in [0.1, 0.15) is 23.8 Å². The number of hydrogen-bond acceptors (Lipinski definition) is 6. The number of rotatable bonds is 3. The van der Waals surface area contributed by atoms with Crippen LogP contribution >= 0.6 is 0 Å². The van der Waals surface area contributed by atoms with Gasteiger partial charge in [-0.3, -0.25) is 0 Å². The Kier molecular flexibility index (Phi) is 4.66. The highest BCUT2D eigenvalue weighted by atomic mass is 16.5. The summed E-state index contributed by atoms with van der Waals surface area (Å²) >= 11 is 0. The van der Waals surface area contributed by atoms with Gasteiger partial charge in [-0.2, -0.15) is 15.8 Å². The van der Waals surface area contributed by atoms with Gasteiger partial charge in [-0.1, -0.05) is 0 Å². The molecule has 0 bridgehead atoms. The number of nitrogens with zero attached hydrogens (tertiary/aromatic N) is 3. The van der Waals surface area contributed by atoms with Crippen molar-refractivity contribution in [1.29, 1.82) is 15.8 Å². The summed E-state index contributed by atoms with van der Waals surface area (Å²) in [6.07, 6.45) is 1.21. The molecule has 1 aromatic carbocycles.